The van der Waals surface area contributed by atoms with E-state index in [0.717, 1.165) is 16.7 Å². The number of esters is 1. The molecule has 2 saturated heterocycles. The fourth-order valence-electron chi connectivity index (χ4n) is 14.5. The van der Waals surface area contributed by atoms with Gasteiger partial charge in [0.2, 0.25) is 65.0 Å². The third kappa shape index (κ3) is 32.1. The van der Waals surface area contributed by atoms with E-state index in [9.17, 15) is 87.9 Å². The Bertz CT molecular complexity index is 3430. The lowest BCUT2D eigenvalue weighted by atomic mass is 9.78. The molecule has 0 saturated carbocycles. The Morgan fingerprint density at radius 3 is 1.78 bits per heavy atom. The number of carbonyl (C=O) groups excluding carboxylic acids is 17. The molecule has 0 aromatic carbocycles. The molecule has 0 aromatic rings. The molecule has 2 fully saturated rings. The molecule has 0 aliphatic carbocycles. The first kappa shape index (κ1) is 103. The quantitative estimate of drug-likeness (QED) is 0.0224. The van der Waals surface area contributed by atoms with E-state index in [1.165, 1.54) is 48.6 Å². The van der Waals surface area contributed by atoms with E-state index in [-0.39, 0.29) is 77.0 Å². The monoisotopic (exact) mass is 1650 g/mol. The molecule has 0 radical (unpaired) electrons. The van der Waals surface area contributed by atoms with Crippen LogP contribution in [-0.2, 0) is 95.8 Å². The number of hydrogen-bond acceptors (Lipinski definition) is 25. The Hall–Kier alpha value is -8.98. The van der Waals surface area contributed by atoms with Crippen molar-refractivity contribution in [2.45, 2.75) is 291 Å². The summed E-state index contributed by atoms with van der Waals surface area (Å²) in [5.74, 6) is -33.1. The van der Waals surface area contributed by atoms with E-state index in [2.05, 4.69) is 31.9 Å². The molecular weight excluding hydrogens is 1520 g/mol. The highest BCUT2D eigenvalue weighted by molar-refractivity contribution is 6.01. The second-order valence-corrected chi connectivity index (χ2v) is 32.5. The number of carbonyl (C=O) groups is 18. The highest BCUT2D eigenvalue weighted by atomic mass is 16.5. The van der Waals surface area contributed by atoms with Crippen molar-refractivity contribution >= 4 is 106 Å². The summed E-state index contributed by atoms with van der Waals surface area (Å²) in [5, 5.41) is 71.6. The minimum absolute atomic E-state index is 0.0835. The van der Waals surface area contributed by atoms with Crippen molar-refractivity contribution in [3.63, 3.8) is 0 Å². The summed E-state index contributed by atoms with van der Waals surface area (Å²) in [4.78, 5) is 258. The van der Waals surface area contributed by atoms with E-state index >= 15 is 24.0 Å². The fourth-order valence-corrected chi connectivity index (χ4v) is 14.5. The molecule has 38 nitrogen and oxygen atoms in total. The van der Waals surface area contributed by atoms with Crippen LogP contribution in [0.1, 0.15) is 206 Å². The summed E-state index contributed by atoms with van der Waals surface area (Å²) in [7, 11) is 1.17. The van der Waals surface area contributed by atoms with Crippen LogP contribution in [0.3, 0.4) is 0 Å². The summed E-state index contributed by atoms with van der Waals surface area (Å²) in [6.45, 7) is 20.5. The van der Waals surface area contributed by atoms with Gasteiger partial charge in [-0.2, -0.15) is 0 Å². The number of ketones is 4. The summed E-state index contributed by atoms with van der Waals surface area (Å²) in [5.41, 5.74) is 28.5. The number of Topliss-reactive ketones (excluding diaryl/α,β-unsaturated/α-hetero) is 4. The first-order chi connectivity index (χ1) is 53.9. The van der Waals surface area contributed by atoms with Gasteiger partial charge in [0.15, 0.2) is 23.5 Å². The maximum Gasteiger partial charge on any atom is 0.329 e. The number of rotatable bonds is 42. The zero-order valence-corrected chi connectivity index (χ0v) is 69.8. The molecule has 0 bridgehead atoms. The number of unbranched alkanes of at least 4 members (excludes halogenated alkanes) is 1. The summed E-state index contributed by atoms with van der Waals surface area (Å²) < 4.78 is 12.0. The number of aliphatic hydroxyl groups is 4. The maximum atomic E-state index is 15.8. The number of nitrogens with zero attached hydrogens (tertiary/aromatic N) is 2. The van der Waals surface area contributed by atoms with Crippen LogP contribution in [0.5, 0.6) is 0 Å². The topological polar surface area (TPSA) is 636 Å². The number of carboxylic acid groups (broad SMARTS) is 1. The van der Waals surface area contributed by atoms with E-state index in [1.807, 2.05) is 13.8 Å². The molecule has 116 heavy (non-hydrogen) atoms. The SMILES string of the molecule is CCOC(C(N)=O)C1CC(=O)C(CCC(C)=O)N(C)C(=O)C(CC(C)C)NC(=O)C(CCCCN)NC(=O)C(C(C)O)NC(=O)C(CC(=O)C(NC(=O)C(O)C(O)C(CCC(N)=O)CC(=O)C(CC(N)=O)NC(=O)C(C)C(O)C(C)CC(C)C)C(C)C(C)C(N)=O)C(C(C)C(C)C)OC(=O)C2CCCCN2C(=O)C(CC(=O)O)NC1=O. The lowest BCUT2D eigenvalue weighted by Gasteiger charge is -2.39. The molecular formula is C78H131N13O25. The summed E-state index contributed by atoms with van der Waals surface area (Å²) >= 11 is 0. The van der Waals surface area contributed by atoms with Crippen molar-refractivity contribution in [1.29, 1.82) is 0 Å². The van der Waals surface area contributed by atoms with E-state index in [0.29, 0.717) is 6.42 Å². The second kappa shape index (κ2) is 49.3. The summed E-state index contributed by atoms with van der Waals surface area (Å²) in [6.07, 6.45) is -18.7. The van der Waals surface area contributed by atoms with Gasteiger partial charge < -0.3 is 110 Å². The van der Waals surface area contributed by atoms with Crippen molar-refractivity contribution < 1.29 is 121 Å². The zero-order chi connectivity index (χ0) is 88.8. The van der Waals surface area contributed by atoms with Crippen LogP contribution in [0, 0.1) is 65.1 Å². The van der Waals surface area contributed by atoms with Gasteiger partial charge >= 0.3 is 11.9 Å². The van der Waals surface area contributed by atoms with Crippen molar-refractivity contribution in [3.8, 4) is 0 Å². The predicted molar refractivity (Wildman–Crippen MR) is 417 cm³/mol. The molecule has 0 spiro atoms. The van der Waals surface area contributed by atoms with Crippen molar-refractivity contribution in [2.75, 3.05) is 26.7 Å². The Morgan fingerprint density at radius 1 is 0.647 bits per heavy atom. The Labute approximate surface area is 677 Å². The van der Waals surface area contributed by atoms with Crippen LogP contribution < -0.4 is 60.6 Å². The minimum atomic E-state index is -2.69. The first-order valence-electron chi connectivity index (χ1n) is 40.0. The molecule has 0 aromatic heterocycles. The number of carboxylic acids is 1. The van der Waals surface area contributed by atoms with Crippen LogP contribution in [0.4, 0.5) is 0 Å². The normalized spacial score (nSPS) is 24.2. The molecule has 2 rings (SSSR count). The van der Waals surface area contributed by atoms with Gasteiger partial charge in [-0.1, -0.05) is 76.2 Å². The van der Waals surface area contributed by atoms with Gasteiger partial charge in [-0.25, -0.2) is 4.79 Å². The van der Waals surface area contributed by atoms with Crippen LogP contribution >= 0.6 is 0 Å². The standard InChI is InChI=1S/C78H131N13O25/c1-16-115-67(69(83)105)48-32-56(95)53(25-23-40(9)92)90(15)76(112)51(30-37(4)5)87-73(109)49(21-17-19-27-79)84-74(110)62(45(14)93)89-72(108)47(66(41(10)38(6)7)116-78(114)54-22-18-20-28-91(54)77(113)52(35-60(99)100)86-71(48)107)33-57(96)61(42(11)43(12)68(82)104)88-75(111)65(103)64(102)46(24-26-58(80)97)31-55(94)50(34-59(81)98)85-70(106)44(13)63(101)39(8)29-36(2)3/h36-39,41-54,61-67,93,101-103H,16-35,79H2,1-15H3,(H2,80,97)(H2,81,98)(H2,82,104)(H2,83,105)(H,84,110)(H,85,106)(H,86,107)(H,87,109)(H,88,111)(H,89,108)(H,99,100). The van der Waals surface area contributed by atoms with Gasteiger partial charge in [0.1, 0.15) is 48.2 Å². The van der Waals surface area contributed by atoms with Gasteiger partial charge in [-0.3, -0.25) is 76.7 Å². The predicted octanol–water partition coefficient (Wildman–Crippen LogP) is -2.36. The molecule has 22 unspecified atom stereocenters. The first-order valence-corrected chi connectivity index (χ1v) is 40.0. The lowest BCUT2D eigenvalue weighted by Crippen LogP contribution is -2.61. The Balaban J connectivity index is 3.24. The number of nitrogens with two attached hydrogens (primary N) is 5. The molecule has 12 amide bonds. The van der Waals surface area contributed by atoms with Crippen LogP contribution in [0.2, 0.25) is 0 Å². The number of aliphatic carboxylic acids is 1. The van der Waals surface area contributed by atoms with Gasteiger partial charge in [-0.15, -0.1) is 0 Å². The third-order valence-corrected chi connectivity index (χ3v) is 21.9. The van der Waals surface area contributed by atoms with Gasteiger partial charge in [-0.05, 0) is 133 Å². The third-order valence-electron chi connectivity index (χ3n) is 21.9. The number of likely N-dealkylation sites (N-methyl/N-ethyl adjacent to an activating group) is 1. The number of cyclic esters (lactones) is 1. The second-order valence-electron chi connectivity index (χ2n) is 32.5. The number of fused-ring (bicyclic) bond motifs is 1. The number of primary amides is 4. The van der Waals surface area contributed by atoms with E-state index in [4.69, 9.17) is 38.1 Å². The molecule has 2 heterocycles. The van der Waals surface area contributed by atoms with E-state index < -0.39 is 301 Å². The smallest absolute Gasteiger partial charge is 0.329 e. The van der Waals surface area contributed by atoms with Gasteiger partial charge in [0.05, 0.1) is 67.0 Å². The van der Waals surface area contributed by atoms with Crippen molar-refractivity contribution in [2.24, 2.45) is 93.8 Å². The lowest BCUT2D eigenvalue weighted by molar-refractivity contribution is -0.170. The Morgan fingerprint density at radius 2 is 1.26 bits per heavy atom. The highest BCUT2D eigenvalue weighted by Crippen LogP contribution is 2.33. The number of piperidine rings is 1. The minimum Gasteiger partial charge on any atom is -0.481 e. The number of hydrogen-bond donors (Lipinski definition) is 16. The number of aliphatic hydroxyl groups excluding tert-OH is 4. The highest BCUT2D eigenvalue weighted by Gasteiger charge is 2.49. The molecule has 22 atom stereocenters. The van der Waals surface area contributed by atoms with Crippen LogP contribution in [0.25, 0.3) is 0 Å². The molecule has 38 heteroatoms. The van der Waals surface area contributed by atoms with Gasteiger partial charge in [0.25, 0.3) is 5.91 Å². The van der Waals surface area contributed by atoms with Crippen molar-refractivity contribution in [1.82, 2.24) is 41.7 Å². The van der Waals surface area contributed by atoms with Crippen LogP contribution in [-0.4, -0.2) is 253 Å². The average molecular weight is 1650 g/mol. The van der Waals surface area contributed by atoms with Gasteiger partial charge in [0, 0.05) is 58.2 Å². The van der Waals surface area contributed by atoms with E-state index in [1.54, 1.807) is 34.6 Å². The average Bonchev–Trinajstić information content (AvgIpc) is 0.833. The molecule has 2 aliphatic heterocycles. The number of amides is 12. The fraction of sp³-hybridized carbons (Fsp3) is 0.769. The maximum absolute atomic E-state index is 15.8. The van der Waals surface area contributed by atoms with Crippen LogP contribution in [0.15, 0.2) is 0 Å². The molecule has 658 valence electrons. The molecule has 2 aliphatic rings. The summed E-state index contributed by atoms with van der Waals surface area (Å²) in [6, 6.07) is -14.6. The largest absolute Gasteiger partial charge is 0.481 e. The number of nitrogens with one attached hydrogen (secondary N) is 6. The number of ether oxygens (including phenoxy) is 2. The molecule has 21 N–H and O–H groups in total. The van der Waals surface area contributed by atoms with Crippen molar-refractivity contribution in [3.05, 3.63) is 0 Å². The Kier molecular flexibility index (Phi) is 43.8. The zero-order valence-electron chi connectivity index (χ0n) is 69.8.